The zero-order chi connectivity index (χ0) is 27.0. The summed E-state index contributed by atoms with van der Waals surface area (Å²) in [6.07, 6.45) is 10.3. The average molecular weight is 515 g/mol. The van der Waals surface area contributed by atoms with E-state index in [0.717, 1.165) is 31.2 Å². The molecule has 0 bridgehead atoms. The van der Waals surface area contributed by atoms with Crippen LogP contribution in [0.25, 0.3) is 0 Å². The van der Waals surface area contributed by atoms with Crippen LogP contribution in [0.15, 0.2) is 41.0 Å². The van der Waals surface area contributed by atoms with Gasteiger partial charge in [0.15, 0.2) is 11.5 Å². The standard InChI is InChI=1S/C30H46N2O5/c1-6-8-9-10-11-12-15-29(33)32(24(3)7-2)23-30(34)31(22-26-14-13-20-37-26)19-18-25-16-17-27(35-4)28(21-25)36-5/h13-14,16-17,20-21,24H,6-12,15,18-19,22-23H2,1-5H3. The molecular formula is C30H46N2O5. The Balaban J connectivity index is 2.07. The Labute approximate surface area is 223 Å². The van der Waals surface area contributed by atoms with E-state index >= 15 is 0 Å². The molecule has 0 saturated heterocycles. The molecule has 7 heteroatoms. The SMILES string of the molecule is CCCCCCCCC(=O)N(CC(=O)N(CCc1ccc(OC)c(OC)c1)Cc1ccco1)C(C)CC. The maximum absolute atomic E-state index is 13.5. The molecule has 1 aromatic heterocycles. The predicted molar refractivity (Wildman–Crippen MR) is 147 cm³/mol. The van der Waals surface area contributed by atoms with Crippen LogP contribution >= 0.6 is 0 Å². The summed E-state index contributed by atoms with van der Waals surface area (Å²) in [5.41, 5.74) is 1.04. The molecule has 0 radical (unpaired) electrons. The van der Waals surface area contributed by atoms with Crippen LogP contribution in [0, 0.1) is 0 Å². The molecule has 1 atom stereocenters. The first kappa shape index (κ1) is 30.3. The molecule has 1 heterocycles. The third-order valence-corrected chi connectivity index (χ3v) is 6.89. The fourth-order valence-corrected chi connectivity index (χ4v) is 4.34. The normalized spacial score (nSPS) is 11.7. The van der Waals surface area contributed by atoms with Gasteiger partial charge in [-0.1, -0.05) is 52.0 Å². The number of methoxy groups -OCH3 is 2. The van der Waals surface area contributed by atoms with Gasteiger partial charge >= 0.3 is 0 Å². The number of nitrogens with zero attached hydrogens (tertiary/aromatic N) is 2. The number of amides is 2. The molecule has 0 N–H and O–H groups in total. The highest BCUT2D eigenvalue weighted by Crippen LogP contribution is 2.28. The highest BCUT2D eigenvalue weighted by Gasteiger charge is 2.25. The third kappa shape index (κ3) is 10.1. The van der Waals surface area contributed by atoms with Crippen LogP contribution in [0.2, 0.25) is 0 Å². The van der Waals surface area contributed by atoms with Gasteiger partial charge in [-0.25, -0.2) is 0 Å². The van der Waals surface area contributed by atoms with E-state index in [4.69, 9.17) is 13.9 Å². The first-order chi connectivity index (χ1) is 17.9. The fraction of sp³-hybridized carbons (Fsp3) is 0.600. The quantitative estimate of drug-likeness (QED) is 0.220. The topological polar surface area (TPSA) is 72.2 Å². The number of rotatable bonds is 18. The van der Waals surface area contributed by atoms with Crippen molar-refractivity contribution in [2.45, 2.75) is 91.1 Å². The van der Waals surface area contributed by atoms with Crippen molar-refractivity contribution < 1.29 is 23.5 Å². The molecule has 1 unspecified atom stereocenters. The van der Waals surface area contributed by atoms with Crippen molar-refractivity contribution in [3.8, 4) is 11.5 Å². The molecule has 0 aliphatic rings. The molecule has 0 spiro atoms. The maximum Gasteiger partial charge on any atom is 0.242 e. The number of hydrogen-bond acceptors (Lipinski definition) is 5. The number of unbranched alkanes of at least 4 members (excludes halogenated alkanes) is 5. The number of carbonyl (C=O) groups excluding carboxylic acids is 2. The Hall–Kier alpha value is -2.96. The first-order valence-electron chi connectivity index (χ1n) is 13.7. The molecule has 0 saturated carbocycles. The van der Waals surface area contributed by atoms with Crippen LogP contribution in [-0.4, -0.2) is 55.0 Å². The lowest BCUT2D eigenvalue weighted by atomic mass is 10.1. The fourth-order valence-electron chi connectivity index (χ4n) is 4.34. The molecule has 0 fully saturated rings. The Kier molecular flexibility index (Phi) is 13.7. The molecule has 2 rings (SSSR count). The second-order valence-corrected chi connectivity index (χ2v) is 9.63. The smallest absolute Gasteiger partial charge is 0.242 e. The molecule has 0 aliphatic heterocycles. The van der Waals surface area contributed by atoms with E-state index < -0.39 is 0 Å². The minimum Gasteiger partial charge on any atom is -0.493 e. The second-order valence-electron chi connectivity index (χ2n) is 9.63. The summed E-state index contributed by atoms with van der Waals surface area (Å²) in [7, 11) is 3.22. The minimum atomic E-state index is -0.0755. The zero-order valence-corrected chi connectivity index (χ0v) is 23.5. The average Bonchev–Trinajstić information content (AvgIpc) is 3.43. The van der Waals surface area contributed by atoms with E-state index in [0.29, 0.717) is 43.2 Å². The summed E-state index contributed by atoms with van der Waals surface area (Å²) < 4.78 is 16.3. The summed E-state index contributed by atoms with van der Waals surface area (Å²) >= 11 is 0. The number of furan rings is 1. The summed E-state index contributed by atoms with van der Waals surface area (Å²) in [6, 6.07) is 9.48. The van der Waals surface area contributed by atoms with Gasteiger partial charge in [0.2, 0.25) is 11.8 Å². The molecule has 2 aromatic rings. The van der Waals surface area contributed by atoms with Crippen molar-refractivity contribution in [2.24, 2.45) is 0 Å². The van der Waals surface area contributed by atoms with Gasteiger partial charge in [-0.3, -0.25) is 9.59 Å². The lowest BCUT2D eigenvalue weighted by Gasteiger charge is -2.31. The van der Waals surface area contributed by atoms with E-state index in [9.17, 15) is 9.59 Å². The lowest BCUT2D eigenvalue weighted by Crippen LogP contribution is -2.46. The van der Waals surface area contributed by atoms with Crippen molar-refractivity contribution >= 4 is 11.8 Å². The van der Waals surface area contributed by atoms with Crippen molar-refractivity contribution in [2.75, 3.05) is 27.3 Å². The van der Waals surface area contributed by atoms with Gasteiger partial charge < -0.3 is 23.7 Å². The molecule has 1 aromatic carbocycles. The van der Waals surface area contributed by atoms with Crippen LogP contribution in [0.4, 0.5) is 0 Å². The molecule has 7 nitrogen and oxygen atoms in total. The van der Waals surface area contributed by atoms with Crippen molar-refractivity contribution in [1.29, 1.82) is 0 Å². The van der Waals surface area contributed by atoms with Crippen LogP contribution in [0.1, 0.15) is 83.5 Å². The number of hydrogen-bond donors (Lipinski definition) is 0. The van der Waals surface area contributed by atoms with Crippen LogP contribution in [0.3, 0.4) is 0 Å². The second kappa shape index (κ2) is 16.7. The Bertz CT molecular complexity index is 928. The third-order valence-electron chi connectivity index (χ3n) is 6.89. The minimum absolute atomic E-state index is 0.00727. The summed E-state index contributed by atoms with van der Waals surface area (Å²) in [6.45, 7) is 7.21. The predicted octanol–water partition coefficient (Wildman–Crippen LogP) is 6.25. The van der Waals surface area contributed by atoms with Crippen molar-refractivity contribution in [3.63, 3.8) is 0 Å². The number of ether oxygens (including phenoxy) is 2. The molecular weight excluding hydrogens is 468 g/mol. The Morgan fingerprint density at radius 3 is 2.32 bits per heavy atom. The van der Waals surface area contributed by atoms with Gasteiger partial charge in [-0.15, -0.1) is 0 Å². The highest BCUT2D eigenvalue weighted by molar-refractivity contribution is 5.85. The number of benzene rings is 1. The lowest BCUT2D eigenvalue weighted by molar-refractivity contribution is -0.142. The van der Waals surface area contributed by atoms with Gasteiger partial charge in [0.05, 0.1) is 27.0 Å². The van der Waals surface area contributed by atoms with Gasteiger partial charge in [-0.05, 0) is 56.0 Å². The van der Waals surface area contributed by atoms with Gasteiger partial charge in [0.25, 0.3) is 0 Å². The van der Waals surface area contributed by atoms with Gasteiger partial charge in [0, 0.05) is 19.0 Å². The van der Waals surface area contributed by atoms with Crippen LogP contribution in [-0.2, 0) is 22.6 Å². The Morgan fingerprint density at radius 2 is 1.68 bits per heavy atom. The van der Waals surface area contributed by atoms with E-state index in [2.05, 4.69) is 13.8 Å². The van der Waals surface area contributed by atoms with Gasteiger partial charge in [0.1, 0.15) is 12.3 Å². The van der Waals surface area contributed by atoms with E-state index in [-0.39, 0.29) is 24.4 Å². The molecule has 37 heavy (non-hydrogen) atoms. The Morgan fingerprint density at radius 1 is 0.946 bits per heavy atom. The highest BCUT2D eigenvalue weighted by atomic mass is 16.5. The van der Waals surface area contributed by atoms with Crippen LogP contribution in [0.5, 0.6) is 11.5 Å². The summed E-state index contributed by atoms with van der Waals surface area (Å²) in [5.74, 6) is 2.04. The molecule has 206 valence electrons. The van der Waals surface area contributed by atoms with E-state index in [1.807, 2.05) is 37.3 Å². The summed E-state index contributed by atoms with van der Waals surface area (Å²) in [5, 5.41) is 0. The largest absolute Gasteiger partial charge is 0.493 e. The van der Waals surface area contributed by atoms with Crippen LogP contribution < -0.4 is 9.47 Å². The summed E-state index contributed by atoms with van der Waals surface area (Å²) in [4.78, 5) is 30.2. The van der Waals surface area contributed by atoms with Crippen molar-refractivity contribution in [1.82, 2.24) is 9.80 Å². The maximum atomic E-state index is 13.5. The molecule has 0 aliphatic carbocycles. The van der Waals surface area contributed by atoms with Gasteiger partial charge in [-0.2, -0.15) is 0 Å². The van der Waals surface area contributed by atoms with E-state index in [1.165, 1.54) is 19.3 Å². The number of carbonyl (C=O) groups is 2. The first-order valence-corrected chi connectivity index (χ1v) is 13.7. The monoisotopic (exact) mass is 514 g/mol. The zero-order valence-electron chi connectivity index (χ0n) is 23.5. The van der Waals surface area contributed by atoms with Crippen molar-refractivity contribution in [3.05, 3.63) is 47.9 Å². The van der Waals surface area contributed by atoms with E-state index in [1.54, 1.807) is 30.3 Å². The molecule has 2 amide bonds.